The minimum absolute atomic E-state index is 0.0750. The van der Waals surface area contributed by atoms with E-state index in [0.29, 0.717) is 12.4 Å². The van der Waals surface area contributed by atoms with Crippen LogP contribution in [0, 0.1) is 0 Å². The van der Waals surface area contributed by atoms with E-state index in [2.05, 4.69) is 10.3 Å². The van der Waals surface area contributed by atoms with Crippen LogP contribution in [0.1, 0.15) is 17.3 Å². The fraction of sp³-hybridized carbons (Fsp3) is 0.250. The van der Waals surface area contributed by atoms with E-state index in [1.807, 2.05) is 6.92 Å². The van der Waals surface area contributed by atoms with Crippen LogP contribution in [0.3, 0.4) is 0 Å². The molecule has 1 aromatic heterocycles. The first-order valence-corrected chi connectivity index (χ1v) is 3.88. The van der Waals surface area contributed by atoms with E-state index >= 15 is 0 Å². The number of carbonyl (C=O) groups is 1. The summed E-state index contributed by atoms with van der Waals surface area (Å²) in [5, 5.41) is 11.6. The molecule has 0 saturated carbocycles. The maximum absolute atomic E-state index is 10.6. The van der Waals surface area contributed by atoms with E-state index in [9.17, 15) is 4.79 Å². The van der Waals surface area contributed by atoms with Crippen LogP contribution >= 0.6 is 0 Å². The molecule has 0 fully saturated rings. The fourth-order valence-corrected chi connectivity index (χ4v) is 0.968. The zero-order chi connectivity index (χ0) is 9.84. The first kappa shape index (κ1) is 9.31. The van der Waals surface area contributed by atoms with Crippen LogP contribution in [0.4, 0.5) is 11.5 Å². The summed E-state index contributed by atoms with van der Waals surface area (Å²) in [4.78, 5) is 14.6. The van der Waals surface area contributed by atoms with Gasteiger partial charge in [-0.15, -0.1) is 0 Å². The summed E-state index contributed by atoms with van der Waals surface area (Å²) < 4.78 is 0. The molecule has 0 bridgehead atoms. The number of rotatable bonds is 3. The molecule has 0 aliphatic heterocycles. The quantitative estimate of drug-likeness (QED) is 0.641. The van der Waals surface area contributed by atoms with Crippen LogP contribution in [-0.4, -0.2) is 22.6 Å². The number of carboxylic acids is 1. The van der Waals surface area contributed by atoms with E-state index in [1.54, 1.807) is 0 Å². The van der Waals surface area contributed by atoms with Crippen LogP contribution in [0.2, 0.25) is 0 Å². The molecule has 70 valence electrons. The van der Waals surface area contributed by atoms with E-state index in [1.165, 1.54) is 12.3 Å². The Labute approximate surface area is 75.6 Å². The second-order valence-corrected chi connectivity index (χ2v) is 2.46. The van der Waals surface area contributed by atoms with Crippen LogP contribution in [0.5, 0.6) is 0 Å². The van der Waals surface area contributed by atoms with Gasteiger partial charge in [0, 0.05) is 12.7 Å². The summed E-state index contributed by atoms with van der Waals surface area (Å²) >= 11 is 0. The van der Waals surface area contributed by atoms with Crippen molar-refractivity contribution < 1.29 is 9.90 Å². The number of aromatic carboxylic acids is 1. The van der Waals surface area contributed by atoms with Crippen molar-refractivity contribution in [2.45, 2.75) is 6.92 Å². The van der Waals surface area contributed by atoms with Gasteiger partial charge in [-0.3, -0.25) is 0 Å². The van der Waals surface area contributed by atoms with Crippen molar-refractivity contribution in [2.75, 3.05) is 17.6 Å². The van der Waals surface area contributed by atoms with Gasteiger partial charge in [0.15, 0.2) is 0 Å². The lowest BCUT2D eigenvalue weighted by molar-refractivity contribution is 0.0698. The molecular formula is C8H11N3O2. The van der Waals surface area contributed by atoms with Crippen LogP contribution in [0.15, 0.2) is 12.3 Å². The number of hydrogen-bond donors (Lipinski definition) is 3. The Morgan fingerprint density at radius 3 is 3.00 bits per heavy atom. The van der Waals surface area contributed by atoms with E-state index in [-0.39, 0.29) is 11.3 Å². The molecule has 1 rings (SSSR count). The molecular weight excluding hydrogens is 170 g/mol. The lowest BCUT2D eigenvalue weighted by atomic mass is 10.2. The average Bonchev–Trinajstić information content (AvgIpc) is 2.08. The molecule has 0 spiro atoms. The van der Waals surface area contributed by atoms with E-state index in [4.69, 9.17) is 10.8 Å². The van der Waals surface area contributed by atoms with E-state index < -0.39 is 5.97 Å². The molecule has 4 N–H and O–H groups in total. The summed E-state index contributed by atoms with van der Waals surface area (Å²) in [6.45, 7) is 2.54. The van der Waals surface area contributed by atoms with E-state index in [0.717, 1.165) is 0 Å². The van der Waals surface area contributed by atoms with Gasteiger partial charge in [0.05, 0.1) is 11.3 Å². The molecule has 0 radical (unpaired) electrons. The zero-order valence-corrected chi connectivity index (χ0v) is 7.24. The van der Waals surface area contributed by atoms with Crippen molar-refractivity contribution in [1.29, 1.82) is 0 Å². The van der Waals surface area contributed by atoms with Gasteiger partial charge in [0.1, 0.15) is 5.82 Å². The zero-order valence-electron chi connectivity index (χ0n) is 7.24. The molecule has 0 amide bonds. The van der Waals surface area contributed by atoms with Gasteiger partial charge in [-0.1, -0.05) is 0 Å². The smallest absolute Gasteiger partial charge is 0.337 e. The number of carboxylic acid groups (broad SMARTS) is 1. The second-order valence-electron chi connectivity index (χ2n) is 2.46. The SMILES string of the molecule is CCNc1nccc(C(=O)O)c1N. The molecule has 13 heavy (non-hydrogen) atoms. The summed E-state index contributed by atoms with van der Waals surface area (Å²) in [5.74, 6) is -0.624. The molecule has 0 aliphatic carbocycles. The fourth-order valence-electron chi connectivity index (χ4n) is 0.968. The Morgan fingerprint density at radius 1 is 1.77 bits per heavy atom. The minimum atomic E-state index is -1.04. The maximum Gasteiger partial charge on any atom is 0.337 e. The molecule has 0 aliphatic rings. The van der Waals surface area contributed by atoms with Gasteiger partial charge in [0.25, 0.3) is 0 Å². The van der Waals surface area contributed by atoms with Crippen LogP contribution in [-0.2, 0) is 0 Å². The Kier molecular flexibility index (Phi) is 2.69. The summed E-state index contributed by atoms with van der Waals surface area (Å²) in [5.41, 5.74) is 5.82. The van der Waals surface area contributed by atoms with Crippen LogP contribution < -0.4 is 11.1 Å². The predicted molar refractivity (Wildman–Crippen MR) is 49.8 cm³/mol. The third-order valence-corrected chi connectivity index (χ3v) is 1.56. The third kappa shape index (κ3) is 1.87. The number of pyridine rings is 1. The van der Waals surface area contributed by atoms with Crippen molar-refractivity contribution in [3.63, 3.8) is 0 Å². The Bertz CT molecular complexity index is 325. The normalized spacial score (nSPS) is 9.62. The highest BCUT2D eigenvalue weighted by Crippen LogP contribution is 2.19. The Balaban J connectivity index is 3.10. The molecule has 1 heterocycles. The number of hydrogen-bond acceptors (Lipinski definition) is 4. The Hall–Kier alpha value is -1.78. The third-order valence-electron chi connectivity index (χ3n) is 1.56. The average molecular weight is 181 g/mol. The number of nitrogen functional groups attached to an aromatic ring is 1. The lowest BCUT2D eigenvalue weighted by Crippen LogP contribution is -2.08. The highest BCUT2D eigenvalue weighted by molar-refractivity contribution is 5.96. The topological polar surface area (TPSA) is 88.2 Å². The number of aromatic nitrogens is 1. The van der Waals surface area contributed by atoms with Crippen molar-refractivity contribution >= 4 is 17.5 Å². The lowest BCUT2D eigenvalue weighted by Gasteiger charge is -2.07. The first-order chi connectivity index (χ1) is 6.16. The highest BCUT2D eigenvalue weighted by Gasteiger charge is 2.10. The molecule has 1 aromatic rings. The molecule has 0 unspecified atom stereocenters. The van der Waals surface area contributed by atoms with Gasteiger partial charge in [-0.05, 0) is 13.0 Å². The second kappa shape index (κ2) is 3.75. The molecule has 5 nitrogen and oxygen atoms in total. The van der Waals surface area contributed by atoms with Gasteiger partial charge in [-0.2, -0.15) is 0 Å². The van der Waals surface area contributed by atoms with Crippen molar-refractivity contribution in [3.05, 3.63) is 17.8 Å². The number of nitrogens with two attached hydrogens (primary N) is 1. The molecule has 5 heteroatoms. The standard InChI is InChI=1S/C8H11N3O2/c1-2-10-7-6(9)5(8(12)13)3-4-11-7/h3-4H,2,9H2,1H3,(H,10,11)(H,12,13). The van der Waals surface area contributed by atoms with Gasteiger partial charge in [0.2, 0.25) is 0 Å². The maximum atomic E-state index is 10.6. The highest BCUT2D eigenvalue weighted by atomic mass is 16.4. The minimum Gasteiger partial charge on any atom is -0.478 e. The van der Waals surface area contributed by atoms with Crippen molar-refractivity contribution in [2.24, 2.45) is 0 Å². The summed E-state index contributed by atoms with van der Waals surface area (Å²) in [7, 11) is 0. The number of nitrogens with one attached hydrogen (secondary N) is 1. The number of anilines is 2. The first-order valence-electron chi connectivity index (χ1n) is 3.88. The predicted octanol–water partition coefficient (Wildman–Crippen LogP) is 0.794. The summed E-state index contributed by atoms with van der Waals surface area (Å²) in [6.07, 6.45) is 1.41. The molecule has 0 saturated heterocycles. The number of nitrogens with zero attached hydrogens (tertiary/aromatic N) is 1. The van der Waals surface area contributed by atoms with Crippen molar-refractivity contribution in [1.82, 2.24) is 4.98 Å². The van der Waals surface area contributed by atoms with Gasteiger partial charge in [-0.25, -0.2) is 9.78 Å². The van der Waals surface area contributed by atoms with Crippen molar-refractivity contribution in [3.8, 4) is 0 Å². The largest absolute Gasteiger partial charge is 0.478 e. The molecule has 0 aromatic carbocycles. The Morgan fingerprint density at radius 2 is 2.46 bits per heavy atom. The van der Waals surface area contributed by atoms with Gasteiger partial charge >= 0.3 is 5.97 Å². The van der Waals surface area contributed by atoms with Gasteiger partial charge < -0.3 is 16.2 Å². The molecule has 0 atom stereocenters. The van der Waals surface area contributed by atoms with Crippen LogP contribution in [0.25, 0.3) is 0 Å². The monoisotopic (exact) mass is 181 g/mol. The summed E-state index contributed by atoms with van der Waals surface area (Å²) in [6, 6.07) is 1.37.